The number of amides is 1. The molecule has 0 bridgehead atoms. The van der Waals surface area contributed by atoms with Crippen molar-refractivity contribution in [3.8, 4) is 0 Å². The Morgan fingerprint density at radius 1 is 1.33 bits per heavy atom. The largest absolute Gasteiger partial charge is 0.361 e. The van der Waals surface area contributed by atoms with Crippen molar-refractivity contribution in [1.29, 1.82) is 0 Å². The van der Waals surface area contributed by atoms with Gasteiger partial charge in [0.25, 0.3) is 5.91 Å². The zero-order valence-electron chi connectivity index (χ0n) is 10.4. The van der Waals surface area contributed by atoms with Crippen molar-refractivity contribution in [2.45, 2.75) is 13.8 Å². The average molecular weight is 242 g/mol. The highest BCUT2D eigenvalue weighted by molar-refractivity contribution is 6.70. The molecule has 0 atom stereocenters. The first kappa shape index (κ1) is 12.2. The number of hydrogen-bond donors (Lipinski definition) is 0. The maximum atomic E-state index is 12.2. The summed E-state index contributed by atoms with van der Waals surface area (Å²) in [7, 11) is 0. The van der Waals surface area contributed by atoms with Gasteiger partial charge in [-0.3, -0.25) is 4.79 Å². The van der Waals surface area contributed by atoms with E-state index in [-0.39, 0.29) is 17.3 Å². The Bertz CT molecular complexity index is 566. The molecule has 0 saturated heterocycles. The fourth-order valence-corrected chi connectivity index (χ4v) is 1.98. The average Bonchev–Trinajstić information content (AvgIpc) is 2.78. The number of carbonyl (C=O) groups excluding carboxylic acids is 1. The molecular weight excluding hydrogens is 228 g/mol. The summed E-state index contributed by atoms with van der Waals surface area (Å²) in [5.41, 5.74) is 10.9. The Hall–Kier alpha value is -2.26. The van der Waals surface area contributed by atoms with Gasteiger partial charge in [-0.15, -0.1) is 0 Å². The highest BCUT2D eigenvalue weighted by Gasteiger charge is 2.36. The van der Waals surface area contributed by atoms with Crippen LogP contribution in [0.25, 0.3) is 5.53 Å². The predicted molar refractivity (Wildman–Crippen MR) is 69.2 cm³/mol. The predicted octanol–water partition coefficient (Wildman–Crippen LogP) is 1.66. The molecule has 92 valence electrons. The molecule has 1 aliphatic rings. The van der Waals surface area contributed by atoms with Crippen LogP contribution in [0.2, 0.25) is 0 Å². The number of rotatable bonds is 3. The summed E-state index contributed by atoms with van der Waals surface area (Å²) in [5, 5.41) is 0. The summed E-state index contributed by atoms with van der Waals surface area (Å²) < 4.78 is 0. The Morgan fingerprint density at radius 3 is 2.61 bits per heavy atom. The summed E-state index contributed by atoms with van der Waals surface area (Å²) >= 11 is 0. The molecule has 0 N–H and O–H groups in total. The van der Waals surface area contributed by atoms with E-state index in [9.17, 15) is 4.79 Å². The summed E-state index contributed by atoms with van der Waals surface area (Å²) in [4.78, 5) is 21.4. The van der Waals surface area contributed by atoms with E-state index in [0.29, 0.717) is 24.3 Å². The second kappa shape index (κ2) is 4.94. The van der Waals surface area contributed by atoms with Crippen LogP contribution >= 0.6 is 0 Å². The fraction of sp³-hybridized carbons (Fsp3) is 0.308. The van der Waals surface area contributed by atoms with Gasteiger partial charge < -0.3 is 10.4 Å². The van der Waals surface area contributed by atoms with Crippen LogP contribution in [0.1, 0.15) is 19.4 Å². The number of carbonyl (C=O) groups is 1. The smallest absolute Gasteiger partial charge is 0.355 e. The van der Waals surface area contributed by atoms with Crippen LogP contribution in [0.5, 0.6) is 0 Å². The van der Waals surface area contributed by atoms with Gasteiger partial charge in [-0.25, -0.2) is 4.99 Å². The zero-order chi connectivity index (χ0) is 13.1. The van der Waals surface area contributed by atoms with E-state index >= 15 is 0 Å². The Morgan fingerprint density at radius 2 is 2.00 bits per heavy atom. The van der Waals surface area contributed by atoms with E-state index in [1.165, 1.54) is 0 Å². The lowest BCUT2D eigenvalue weighted by Gasteiger charge is -2.16. The van der Waals surface area contributed by atoms with Crippen LogP contribution in [0.15, 0.2) is 29.3 Å². The molecule has 18 heavy (non-hydrogen) atoms. The summed E-state index contributed by atoms with van der Waals surface area (Å²) in [6.45, 7) is 5.01. The Labute approximate surface area is 105 Å². The van der Waals surface area contributed by atoms with Crippen molar-refractivity contribution in [2.24, 2.45) is 4.99 Å². The van der Waals surface area contributed by atoms with E-state index < -0.39 is 0 Å². The fourth-order valence-electron chi connectivity index (χ4n) is 1.98. The van der Waals surface area contributed by atoms with Gasteiger partial charge in [0.1, 0.15) is 0 Å². The minimum absolute atomic E-state index is 0.205. The molecule has 0 unspecified atom stereocenters. The lowest BCUT2D eigenvalue weighted by Crippen LogP contribution is -2.39. The third-order valence-electron chi connectivity index (χ3n) is 2.97. The van der Waals surface area contributed by atoms with E-state index in [2.05, 4.69) is 9.78 Å². The molecule has 0 spiro atoms. The Kier molecular flexibility index (Phi) is 3.35. The number of fused-ring (bicyclic) bond motifs is 1. The van der Waals surface area contributed by atoms with Crippen LogP contribution in [0.3, 0.4) is 0 Å². The van der Waals surface area contributed by atoms with Crippen LogP contribution in [0.4, 0.5) is 5.69 Å². The second-order valence-electron chi connectivity index (χ2n) is 3.90. The number of para-hydroxylation sites is 1. The quantitative estimate of drug-likeness (QED) is 0.587. The highest BCUT2D eigenvalue weighted by Crippen LogP contribution is 2.26. The number of hydrogen-bond acceptors (Lipinski definition) is 2. The zero-order valence-corrected chi connectivity index (χ0v) is 10.4. The van der Waals surface area contributed by atoms with Crippen LogP contribution in [0, 0.1) is 0 Å². The molecular formula is C13H14N4O. The molecule has 0 fully saturated rings. The van der Waals surface area contributed by atoms with E-state index in [4.69, 9.17) is 5.53 Å². The van der Waals surface area contributed by atoms with Gasteiger partial charge in [0.05, 0.1) is 11.3 Å². The standard InChI is InChI=1S/C13H14N4O/c1-3-17(4-2)13(18)12-11(16-14)9-7-5-6-8-10(9)15-12/h5-8H,3-4H2,1-2H3. The molecule has 2 rings (SSSR count). The van der Waals surface area contributed by atoms with E-state index in [0.717, 1.165) is 0 Å². The normalized spacial score (nSPS) is 12.8. The maximum Gasteiger partial charge on any atom is 0.355 e. The van der Waals surface area contributed by atoms with Crippen molar-refractivity contribution in [1.82, 2.24) is 4.90 Å². The first-order chi connectivity index (χ1) is 8.72. The molecule has 0 saturated carbocycles. The van der Waals surface area contributed by atoms with Crippen LogP contribution in [-0.2, 0) is 4.79 Å². The van der Waals surface area contributed by atoms with Crippen molar-refractivity contribution >= 4 is 23.0 Å². The van der Waals surface area contributed by atoms with E-state index in [1.54, 1.807) is 17.0 Å². The second-order valence-corrected chi connectivity index (χ2v) is 3.90. The molecule has 1 heterocycles. The van der Waals surface area contributed by atoms with Gasteiger partial charge in [0.2, 0.25) is 5.71 Å². The minimum Gasteiger partial charge on any atom is -0.361 e. The van der Waals surface area contributed by atoms with Crippen LogP contribution in [-0.4, -0.2) is 40.1 Å². The van der Waals surface area contributed by atoms with Gasteiger partial charge in [0.15, 0.2) is 0 Å². The first-order valence-electron chi connectivity index (χ1n) is 5.92. The van der Waals surface area contributed by atoms with Gasteiger partial charge in [-0.1, -0.05) is 12.1 Å². The van der Waals surface area contributed by atoms with Gasteiger partial charge >= 0.3 is 5.71 Å². The monoisotopic (exact) mass is 242 g/mol. The third-order valence-corrected chi connectivity index (χ3v) is 2.97. The van der Waals surface area contributed by atoms with Crippen molar-refractivity contribution in [3.05, 3.63) is 35.4 Å². The van der Waals surface area contributed by atoms with Gasteiger partial charge in [-0.2, -0.15) is 4.79 Å². The van der Waals surface area contributed by atoms with Crippen molar-refractivity contribution in [2.75, 3.05) is 13.1 Å². The van der Waals surface area contributed by atoms with Gasteiger partial charge in [-0.05, 0) is 26.0 Å². The minimum atomic E-state index is -0.205. The molecule has 0 aromatic heterocycles. The molecule has 1 aliphatic heterocycles. The van der Waals surface area contributed by atoms with Crippen molar-refractivity contribution in [3.63, 3.8) is 0 Å². The Balaban J connectivity index is 2.44. The first-order valence-corrected chi connectivity index (χ1v) is 5.92. The molecule has 0 radical (unpaired) electrons. The summed E-state index contributed by atoms with van der Waals surface area (Å²) in [6.07, 6.45) is 0. The van der Waals surface area contributed by atoms with E-state index in [1.807, 2.05) is 26.0 Å². The third kappa shape index (κ3) is 1.85. The molecule has 5 heteroatoms. The van der Waals surface area contributed by atoms with Crippen LogP contribution < -0.4 is 0 Å². The molecule has 0 aliphatic carbocycles. The molecule has 5 nitrogen and oxygen atoms in total. The highest BCUT2D eigenvalue weighted by atomic mass is 16.2. The maximum absolute atomic E-state index is 12.2. The number of benzene rings is 1. The molecule has 1 amide bonds. The molecule has 1 aromatic rings. The SMILES string of the molecule is CCN(CC)C(=O)C1=Nc2ccccc2C1=[N+]=[N-]. The van der Waals surface area contributed by atoms with Gasteiger partial charge in [0, 0.05) is 13.1 Å². The van der Waals surface area contributed by atoms with Crippen molar-refractivity contribution < 1.29 is 9.58 Å². The lowest BCUT2D eigenvalue weighted by atomic mass is 10.1. The number of aliphatic imine (C=N–C) groups is 1. The topological polar surface area (TPSA) is 69.1 Å². The number of nitrogens with zero attached hydrogens (tertiary/aromatic N) is 4. The summed E-state index contributed by atoms with van der Waals surface area (Å²) in [6, 6.07) is 7.24. The molecule has 1 aromatic carbocycles. The summed E-state index contributed by atoms with van der Waals surface area (Å²) in [5.74, 6) is -0.205. The lowest BCUT2D eigenvalue weighted by molar-refractivity contribution is -0.123.